The van der Waals surface area contributed by atoms with E-state index in [1.165, 1.54) is 0 Å². The second-order valence-electron chi connectivity index (χ2n) is 3.02. The second-order valence-corrected chi connectivity index (χ2v) is 3.02. The predicted octanol–water partition coefficient (Wildman–Crippen LogP) is 0.610. The summed E-state index contributed by atoms with van der Waals surface area (Å²) < 4.78 is 29.6. The molecule has 0 aliphatic heterocycles. The van der Waals surface area contributed by atoms with Gasteiger partial charge in [-0.15, -0.1) is 0 Å². The van der Waals surface area contributed by atoms with Gasteiger partial charge in [0.2, 0.25) is 0 Å². The Morgan fingerprint density at radius 1 is 1.62 bits per heavy atom. The fraction of sp³-hybridized carbons (Fsp3) is 0.333. The molecule has 3 N–H and O–H groups in total. The standard InChI is InChI=1S/C9H10F2N2O3/c1-16-6(14)2-4-7(8(10)11)5(12)3-13-9(4)15/h3,8H,2,12H2,1H3,(H,13,15). The topological polar surface area (TPSA) is 85.2 Å². The van der Waals surface area contributed by atoms with E-state index in [-0.39, 0.29) is 11.3 Å². The number of pyridine rings is 1. The number of ether oxygens (including phenoxy) is 1. The van der Waals surface area contributed by atoms with Gasteiger partial charge in [-0.05, 0) is 0 Å². The molecule has 16 heavy (non-hydrogen) atoms. The number of hydrogen-bond acceptors (Lipinski definition) is 4. The van der Waals surface area contributed by atoms with Gasteiger partial charge >= 0.3 is 5.97 Å². The number of methoxy groups -OCH3 is 1. The van der Waals surface area contributed by atoms with Crippen LogP contribution in [0.3, 0.4) is 0 Å². The van der Waals surface area contributed by atoms with Crippen LogP contribution in [0.5, 0.6) is 0 Å². The van der Waals surface area contributed by atoms with Gasteiger partial charge in [-0.2, -0.15) is 0 Å². The number of hydrogen-bond donors (Lipinski definition) is 2. The number of aromatic amines is 1. The third-order valence-electron chi connectivity index (χ3n) is 2.04. The zero-order valence-electron chi connectivity index (χ0n) is 8.42. The van der Waals surface area contributed by atoms with Crippen molar-refractivity contribution in [2.24, 2.45) is 0 Å². The van der Waals surface area contributed by atoms with Gasteiger partial charge in [0.05, 0.1) is 24.8 Å². The molecule has 5 nitrogen and oxygen atoms in total. The summed E-state index contributed by atoms with van der Waals surface area (Å²) >= 11 is 0. The molecule has 0 aliphatic rings. The Balaban J connectivity index is 3.29. The molecule has 0 fully saturated rings. The number of aromatic nitrogens is 1. The summed E-state index contributed by atoms with van der Waals surface area (Å²) in [7, 11) is 1.10. The number of rotatable bonds is 3. The number of esters is 1. The van der Waals surface area contributed by atoms with E-state index in [0.29, 0.717) is 0 Å². The van der Waals surface area contributed by atoms with E-state index in [1.807, 2.05) is 0 Å². The van der Waals surface area contributed by atoms with E-state index >= 15 is 0 Å². The van der Waals surface area contributed by atoms with Crippen molar-refractivity contribution in [2.45, 2.75) is 12.8 Å². The SMILES string of the molecule is COC(=O)Cc1c(C(F)F)c(N)c[nH]c1=O. The lowest BCUT2D eigenvalue weighted by Crippen LogP contribution is -2.21. The Bertz CT molecular complexity index is 457. The average molecular weight is 232 g/mol. The highest BCUT2D eigenvalue weighted by atomic mass is 19.3. The molecule has 0 aromatic carbocycles. The summed E-state index contributed by atoms with van der Waals surface area (Å²) in [6, 6.07) is 0. The zero-order chi connectivity index (χ0) is 12.3. The molecular weight excluding hydrogens is 222 g/mol. The molecule has 0 bridgehead atoms. The maximum absolute atomic E-state index is 12.6. The van der Waals surface area contributed by atoms with Crippen LogP contribution in [0.4, 0.5) is 14.5 Å². The lowest BCUT2D eigenvalue weighted by atomic mass is 10.1. The van der Waals surface area contributed by atoms with Crippen molar-refractivity contribution >= 4 is 11.7 Å². The number of H-pyrrole nitrogens is 1. The van der Waals surface area contributed by atoms with Gasteiger partial charge in [-0.3, -0.25) is 9.59 Å². The van der Waals surface area contributed by atoms with Gasteiger partial charge in [0.15, 0.2) is 0 Å². The number of nitrogens with one attached hydrogen (secondary N) is 1. The summed E-state index contributed by atoms with van der Waals surface area (Å²) in [5, 5.41) is 0. The molecule has 0 radical (unpaired) electrons. The summed E-state index contributed by atoms with van der Waals surface area (Å²) in [5.41, 5.74) is 3.31. The van der Waals surface area contributed by atoms with Gasteiger partial charge < -0.3 is 15.5 Å². The van der Waals surface area contributed by atoms with Crippen LogP contribution in [0.15, 0.2) is 11.0 Å². The van der Waals surface area contributed by atoms with E-state index in [4.69, 9.17) is 5.73 Å². The predicted molar refractivity (Wildman–Crippen MR) is 52.2 cm³/mol. The van der Waals surface area contributed by atoms with Crippen LogP contribution in [-0.2, 0) is 16.0 Å². The van der Waals surface area contributed by atoms with Crippen LogP contribution in [-0.4, -0.2) is 18.1 Å². The highest BCUT2D eigenvalue weighted by Gasteiger charge is 2.21. The maximum atomic E-state index is 12.6. The second kappa shape index (κ2) is 4.73. The minimum Gasteiger partial charge on any atom is -0.469 e. The average Bonchev–Trinajstić information content (AvgIpc) is 2.22. The van der Waals surface area contributed by atoms with Gasteiger partial charge in [0.1, 0.15) is 0 Å². The lowest BCUT2D eigenvalue weighted by molar-refractivity contribution is -0.139. The van der Waals surface area contributed by atoms with Crippen molar-refractivity contribution in [3.8, 4) is 0 Å². The first kappa shape index (κ1) is 12.2. The molecule has 0 saturated heterocycles. The number of halogens is 2. The molecule has 0 aliphatic carbocycles. The maximum Gasteiger partial charge on any atom is 0.310 e. The van der Waals surface area contributed by atoms with Crippen molar-refractivity contribution < 1.29 is 18.3 Å². The van der Waals surface area contributed by atoms with Crippen LogP contribution in [0, 0.1) is 0 Å². The number of nitrogen functional groups attached to an aromatic ring is 1. The first-order chi connectivity index (χ1) is 7.47. The monoisotopic (exact) mass is 232 g/mol. The van der Waals surface area contributed by atoms with Crippen molar-refractivity contribution in [3.63, 3.8) is 0 Å². The van der Waals surface area contributed by atoms with Gasteiger partial charge in [-0.1, -0.05) is 0 Å². The van der Waals surface area contributed by atoms with Crippen LogP contribution < -0.4 is 11.3 Å². The number of alkyl halides is 2. The largest absolute Gasteiger partial charge is 0.469 e. The molecular formula is C9H10F2N2O3. The summed E-state index contributed by atoms with van der Waals surface area (Å²) in [5.74, 6) is -0.780. The van der Waals surface area contributed by atoms with E-state index in [9.17, 15) is 18.4 Å². The molecule has 7 heteroatoms. The molecule has 0 unspecified atom stereocenters. The van der Waals surface area contributed by atoms with E-state index < -0.39 is 29.9 Å². The van der Waals surface area contributed by atoms with Gasteiger partial charge in [0, 0.05) is 11.8 Å². The quantitative estimate of drug-likeness (QED) is 0.747. The fourth-order valence-corrected chi connectivity index (χ4v) is 1.25. The van der Waals surface area contributed by atoms with Gasteiger partial charge in [0.25, 0.3) is 12.0 Å². The third-order valence-corrected chi connectivity index (χ3v) is 2.04. The molecule has 1 heterocycles. The first-order valence-corrected chi connectivity index (χ1v) is 4.32. The van der Waals surface area contributed by atoms with E-state index in [2.05, 4.69) is 9.72 Å². The summed E-state index contributed by atoms with van der Waals surface area (Å²) in [6.07, 6.45) is -2.47. The minimum absolute atomic E-state index is 0.256. The van der Waals surface area contributed by atoms with Crippen molar-refractivity contribution in [1.29, 1.82) is 0 Å². The first-order valence-electron chi connectivity index (χ1n) is 4.32. The van der Waals surface area contributed by atoms with Crippen LogP contribution in [0.1, 0.15) is 17.6 Å². The Morgan fingerprint density at radius 2 is 2.25 bits per heavy atom. The molecule has 1 rings (SSSR count). The Hall–Kier alpha value is -1.92. The zero-order valence-corrected chi connectivity index (χ0v) is 8.42. The Labute approximate surface area is 89.2 Å². The van der Waals surface area contributed by atoms with E-state index in [1.54, 1.807) is 0 Å². The number of anilines is 1. The smallest absolute Gasteiger partial charge is 0.310 e. The fourth-order valence-electron chi connectivity index (χ4n) is 1.25. The molecule has 0 saturated carbocycles. The molecule has 1 aromatic rings. The van der Waals surface area contributed by atoms with Crippen molar-refractivity contribution in [3.05, 3.63) is 27.7 Å². The number of nitrogens with two attached hydrogens (primary N) is 1. The van der Waals surface area contributed by atoms with E-state index in [0.717, 1.165) is 13.3 Å². The van der Waals surface area contributed by atoms with Crippen molar-refractivity contribution in [1.82, 2.24) is 4.98 Å². The van der Waals surface area contributed by atoms with Crippen molar-refractivity contribution in [2.75, 3.05) is 12.8 Å². The molecule has 0 spiro atoms. The highest BCUT2D eigenvalue weighted by molar-refractivity contribution is 5.73. The van der Waals surface area contributed by atoms with Crippen LogP contribution in [0.25, 0.3) is 0 Å². The molecule has 88 valence electrons. The lowest BCUT2D eigenvalue weighted by Gasteiger charge is -2.09. The number of carbonyl (C=O) groups excluding carboxylic acids is 1. The number of carbonyl (C=O) groups is 1. The Kier molecular flexibility index (Phi) is 3.60. The van der Waals surface area contributed by atoms with Crippen LogP contribution in [0.2, 0.25) is 0 Å². The highest BCUT2D eigenvalue weighted by Crippen LogP contribution is 2.26. The molecule has 0 amide bonds. The Morgan fingerprint density at radius 3 is 2.75 bits per heavy atom. The normalized spacial score (nSPS) is 10.5. The van der Waals surface area contributed by atoms with Crippen LogP contribution >= 0.6 is 0 Å². The molecule has 0 atom stereocenters. The summed E-state index contributed by atoms with van der Waals surface area (Å²) in [6.45, 7) is 0. The molecule has 1 aromatic heterocycles. The third kappa shape index (κ3) is 2.36. The summed E-state index contributed by atoms with van der Waals surface area (Å²) in [4.78, 5) is 24.4. The van der Waals surface area contributed by atoms with Gasteiger partial charge in [-0.25, -0.2) is 8.78 Å². The minimum atomic E-state index is -2.91.